The van der Waals surface area contributed by atoms with Gasteiger partial charge in [-0.15, -0.1) is 0 Å². The van der Waals surface area contributed by atoms with Gasteiger partial charge in [-0.2, -0.15) is 0 Å². The van der Waals surface area contributed by atoms with Crippen molar-refractivity contribution in [2.24, 2.45) is 5.92 Å². The van der Waals surface area contributed by atoms with E-state index in [0.29, 0.717) is 71.5 Å². The van der Waals surface area contributed by atoms with E-state index < -0.39 is 6.29 Å². The average Bonchev–Trinajstić information content (AvgIpc) is 2.84. The third-order valence-electron chi connectivity index (χ3n) is 5.61. The fraction of sp³-hybridized carbons (Fsp3) is 0.625. The summed E-state index contributed by atoms with van der Waals surface area (Å²) in [6.45, 7) is 6.34. The first-order chi connectivity index (χ1) is 15.7. The van der Waals surface area contributed by atoms with Crippen molar-refractivity contribution < 1.29 is 33.6 Å². The third-order valence-corrected chi connectivity index (χ3v) is 5.61. The van der Waals surface area contributed by atoms with Gasteiger partial charge in [0.25, 0.3) is 5.91 Å². The van der Waals surface area contributed by atoms with Gasteiger partial charge >= 0.3 is 0 Å². The molecule has 3 atom stereocenters. The summed E-state index contributed by atoms with van der Waals surface area (Å²) in [6, 6.07) is 10.1. The molecule has 1 fully saturated rings. The molecule has 0 aliphatic carbocycles. The molecule has 1 aromatic rings. The number of aliphatic hydroxyl groups is 1. The van der Waals surface area contributed by atoms with Gasteiger partial charge in [-0.1, -0.05) is 30.3 Å². The first-order valence-corrected chi connectivity index (χ1v) is 11.4. The Labute approximate surface area is 190 Å². The van der Waals surface area contributed by atoms with E-state index in [2.05, 4.69) is 12.1 Å². The second-order valence-corrected chi connectivity index (χ2v) is 7.71. The van der Waals surface area contributed by atoms with Crippen LogP contribution in [0.2, 0.25) is 0 Å². The second-order valence-electron chi connectivity index (χ2n) is 7.71. The lowest BCUT2D eigenvalue weighted by Crippen LogP contribution is -2.44. The molecular weight excluding hydrogens is 414 g/mol. The molecule has 1 amide bonds. The molecule has 0 radical (unpaired) electrons. The highest BCUT2D eigenvalue weighted by molar-refractivity contribution is 5.92. The number of aliphatic hydroxyl groups excluding tert-OH is 1. The molecule has 0 saturated carbocycles. The minimum absolute atomic E-state index is 0.00282. The number of hydrogen-bond acceptors (Lipinski definition) is 7. The number of ether oxygens (including phenoxy) is 5. The van der Waals surface area contributed by atoms with E-state index in [9.17, 15) is 4.79 Å². The number of carbonyl (C=O) groups excluding carboxylic acids is 1. The molecule has 3 unspecified atom stereocenters. The molecular formula is C24H35NO7. The first kappa shape index (κ1) is 24.7. The number of nitrogens with zero attached hydrogens (tertiary/aromatic N) is 1. The highest BCUT2D eigenvalue weighted by Gasteiger charge is 2.39. The van der Waals surface area contributed by atoms with Crippen LogP contribution in [0.3, 0.4) is 0 Å². The molecule has 0 bridgehead atoms. The number of rotatable bonds is 12. The monoisotopic (exact) mass is 449 g/mol. The van der Waals surface area contributed by atoms with Crippen LogP contribution in [0.4, 0.5) is 0 Å². The van der Waals surface area contributed by atoms with Crippen molar-refractivity contribution in [3.05, 3.63) is 47.7 Å². The Kier molecular flexibility index (Phi) is 10.4. The molecule has 2 aliphatic rings. The van der Waals surface area contributed by atoms with Crippen LogP contribution in [0.5, 0.6) is 0 Å². The van der Waals surface area contributed by atoms with E-state index in [0.717, 1.165) is 5.56 Å². The Bertz CT molecular complexity index is 706. The zero-order chi connectivity index (χ0) is 22.6. The average molecular weight is 450 g/mol. The fourth-order valence-corrected chi connectivity index (χ4v) is 4.01. The van der Waals surface area contributed by atoms with Crippen LogP contribution in [-0.2, 0) is 28.5 Å². The Morgan fingerprint density at radius 2 is 1.81 bits per heavy atom. The predicted octanol–water partition coefficient (Wildman–Crippen LogP) is 1.94. The van der Waals surface area contributed by atoms with Crippen molar-refractivity contribution in [2.45, 2.75) is 25.6 Å². The molecule has 2 heterocycles. The Hall–Kier alpha value is -1.97. The van der Waals surface area contributed by atoms with Crippen LogP contribution < -0.4 is 0 Å². The van der Waals surface area contributed by atoms with Crippen molar-refractivity contribution in [1.29, 1.82) is 0 Å². The number of hydrogen-bond donors (Lipinski definition) is 1. The van der Waals surface area contributed by atoms with Gasteiger partial charge in [0.05, 0.1) is 39.6 Å². The van der Waals surface area contributed by atoms with Gasteiger partial charge in [0, 0.05) is 38.1 Å². The Morgan fingerprint density at radius 3 is 2.50 bits per heavy atom. The minimum Gasteiger partial charge on any atom is -0.459 e. The van der Waals surface area contributed by atoms with E-state index in [1.807, 2.05) is 31.2 Å². The van der Waals surface area contributed by atoms with Gasteiger partial charge in [-0.05, 0) is 25.0 Å². The van der Waals surface area contributed by atoms with E-state index in [4.69, 9.17) is 28.8 Å². The summed E-state index contributed by atoms with van der Waals surface area (Å²) in [7, 11) is 0. The highest BCUT2D eigenvalue weighted by Crippen LogP contribution is 2.39. The van der Waals surface area contributed by atoms with Crippen LogP contribution in [-0.4, -0.2) is 88.1 Å². The second kappa shape index (κ2) is 13.5. The predicted molar refractivity (Wildman–Crippen MR) is 118 cm³/mol. The number of morpholine rings is 1. The largest absolute Gasteiger partial charge is 0.459 e. The standard InChI is InChI=1S/C24H35NO7/c1-2-31-24-20(8-12-28-16-17-30-15-11-26)21(19-6-4-3-5-7-19)18-22(32-24)23(27)25-9-13-29-14-10-25/h3-7,18,20-21,24,26H,2,8-17H2,1H3. The number of amides is 1. The molecule has 0 spiro atoms. The summed E-state index contributed by atoms with van der Waals surface area (Å²) in [5, 5.41) is 8.77. The number of benzene rings is 1. The summed E-state index contributed by atoms with van der Waals surface area (Å²) in [5.41, 5.74) is 1.11. The lowest BCUT2D eigenvalue weighted by Gasteiger charge is -2.38. The van der Waals surface area contributed by atoms with Gasteiger partial charge in [0.2, 0.25) is 6.29 Å². The molecule has 1 saturated heterocycles. The van der Waals surface area contributed by atoms with Crippen LogP contribution in [0.1, 0.15) is 24.8 Å². The lowest BCUT2D eigenvalue weighted by molar-refractivity contribution is -0.173. The quantitative estimate of drug-likeness (QED) is 0.488. The number of carbonyl (C=O) groups is 1. The lowest BCUT2D eigenvalue weighted by atomic mass is 9.81. The Balaban J connectivity index is 1.73. The molecule has 1 N–H and O–H groups in total. The third kappa shape index (κ3) is 7.02. The van der Waals surface area contributed by atoms with Gasteiger partial charge in [-0.3, -0.25) is 4.79 Å². The van der Waals surface area contributed by atoms with E-state index in [1.54, 1.807) is 4.90 Å². The molecule has 8 nitrogen and oxygen atoms in total. The maximum atomic E-state index is 13.1. The summed E-state index contributed by atoms with van der Waals surface area (Å²) < 4.78 is 28.4. The van der Waals surface area contributed by atoms with Crippen molar-refractivity contribution in [1.82, 2.24) is 4.90 Å². The molecule has 32 heavy (non-hydrogen) atoms. The van der Waals surface area contributed by atoms with Crippen molar-refractivity contribution in [3.63, 3.8) is 0 Å². The molecule has 0 aromatic heterocycles. The summed E-state index contributed by atoms with van der Waals surface area (Å²) in [4.78, 5) is 14.9. The molecule has 3 rings (SSSR count). The highest BCUT2D eigenvalue weighted by atomic mass is 16.7. The number of allylic oxidation sites excluding steroid dienone is 1. The van der Waals surface area contributed by atoms with E-state index in [1.165, 1.54) is 0 Å². The van der Waals surface area contributed by atoms with Crippen LogP contribution in [0.25, 0.3) is 0 Å². The van der Waals surface area contributed by atoms with Crippen molar-refractivity contribution >= 4 is 5.91 Å². The van der Waals surface area contributed by atoms with Gasteiger partial charge in [0.15, 0.2) is 5.76 Å². The van der Waals surface area contributed by atoms with Crippen LogP contribution in [0, 0.1) is 5.92 Å². The van der Waals surface area contributed by atoms with E-state index in [-0.39, 0.29) is 24.3 Å². The van der Waals surface area contributed by atoms with Gasteiger partial charge < -0.3 is 33.7 Å². The molecule has 2 aliphatic heterocycles. The normalized spacial score (nSPS) is 23.5. The maximum Gasteiger partial charge on any atom is 0.288 e. The van der Waals surface area contributed by atoms with Crippen LogP contribution in [0.15, 0.2) is 42.2 Å². The van der Waals surface area contributed by atoms with E-state index >= 15 is 0 Å². The minimum atomic E-state index is -0.538. The molecule has 178 valence electrons. The summed E-state index contributed by atoms with van der Waals surface area (Å²) >= 11 is 0. The van der Waals surface area contributed by atoms with Gasteiger partial charge in [0.1, 0.15) is 0 Å². The topological polar surface area (TPSA) is 86.7 Å². The summed E-state index contributed by atoms with van der Waals surface area (Å²) in [6.07, 6.45) is 2.11. The summed E-state index contributed by atoms with van der Waals surface area (Å²) in [5.74, 6) is 0.191. The van der Waals surface area contributed by atoms with Crippen molar-refractivity contribution in [2.75, 3.05) is 65.9 Å². The smallest absolute Gasteiger partial charge is 0.288 e. The molecule has 1 aromatic carbocycles. The fourth-order valence-electron chi connectivity index (χ4n) is 4.01. The van der Waals surface area contributed by atoms with Crippen LogP contribution >= 0.6 is 0 Å². The first-order valence-electron chi connectivity index (χ1n) is 11.4. The molecule has 8 heteroatoms. The zero-order valence-corrected chi connectivity index (χ0v) is 18.8. The zero-order valence-electron chi connectivity index (χ0n) is 18.8. The van der Waals surface area contributed by atoms with Crippen molar-refractivity contribution in [3.8, 4) is 0 Å². The van der Waals surface area contributed by atoms with Gasteiger partial charge in [-0.25, -0.2) is 0 Å². The maximum absolute atomic E-state index is 13.1. The SMILES string of the molecule is CCOC1OC(C(=O)N2CCOCC2)=CC(c2ccccc2)C1CCOCCOCCO. The Morgan fingerprint density at radius 1 is 1.09 bits per heavy atom.